The van der Waals surface area contributed by atoms with E-state index in [1.807, 2.05) is 0 Å². The summed E-state index contributed by atoms with van der Waals surface area (Å²) in [7, 11) is 1.65. The Morgan fingerprint density at radius 3 is 2.25 bits per heavy atom. The van der Waals surface area contributed by atoms with Gasteiger partial charge in [0.05, 0.1) is 13.3 Å². The SMILES string of the molecule is CNCN(CNC(N)=O)C(N)=O. The van der Waals surface area contributed by atoms with Gasteiger partial charge in [-0.15, -0.1) is 0 Å². The van der Waals surface area contributed by atoms with Gasteiger partial charge in [0.2, 0.25) is 0 Å². The number of rotatable bonds is 4. The predicted octanol–water partition coefficient (Wildman–Crippen LogP) is -1.83. The van der Waals surface area contributed by atoms with Gasteiger partial charge in [-0.2, -0.15) is 0 Å². The molecule has 0 aromatic rings. The Kier molecular flexibility index (Phi) is 4.54. The maximum Gasteiger partial charge on any atom is 0.317 e. The molecule has 6 N–H and O–H groups in total. The molecule has 0 bridgehead atoms. The number of hydrogen-bond donors (Lipinski definition) is 4. The van der Waals surface area contributed by atoms with E-state index in [2.05, 4.69) is 10.6 Å². The molecule has 0 heterocycles. The molecule has 0 aromatic heterocycles. The fourth-order valence-corrected chi connectivity index (χ4v) is 0.576. The molecule has 0 aliphatic heterocycles. The van der Waals surface area contributed by atoms with Crippen LogP contribution in [0.2, 0.25) is 0 Å². The van der Waals surface area contributed by atoms with E-state index in [4.69, 9.17) is 11.5 Å². The van der Waals surface area contributed by atoms with Crippen molar-refractivity contribution >= 4 is 12.1 Å². The highest BCUT2D eigenvalue weighted by molar-refractivity contribution is 5.74. The van der Waals surface area contributed by atoms with E-state index >= 15 is 0 Å². The zero-order valence-electron chi connectivity index (χ0n) is 6.83. The molecule has 0 unspecified atom stereocenters. The highest BCUT2D eigenvalue weighted by Gasteiger charge is 2.07. The summed E-state index contributed by atoms with van der Waals surface area (Å²) in [4.78, 5) is 22.0. The second-order valence-corrected chi connectivity index (χ2v) is 2.09. The monoisotopic (exact) mass is 175 g/mol. The van der Waals surface area contributed by atoms with E-state index in [0.29, 0.717) is 0 Å². The molecule has 0 aliphatic carbocycles. The van der Waals surface area contributed by atoms with Gasteiger partial charge in [-0.25, -0.2) is 9.59 Å². The van der Waals surface area contributed by atoms with Crippen molar-refractivity contribution in [3.05, 3.63) is 0 Å². The Hall–Kier alpha value is -1.50. The van der Waals surface area contributed by atoms with Crippen molar-refractivity contribution in [2.75, 3.05) is 20.4 Å². The molecule has 0 radical (unpaired) electrons. The summed E-state index contributed by atoms with van der Waals surface area (Å²) >= 11 is 0. The van der Waals surface area contributed by atoms with Crippen LogP contribution in [0.5, 0.6) is 0 Å². The van der Waals surface area contributed by atoms with Crippen LogP contribution in [0.15, 0.2) is 0 Å². The van der Waals surface area contributed by atoms with Gasteiger partial charge in [0.1, 0.15) is 0 Å². The fraction of sp³-hybridized carbons (Fsp3) is 0.600. The van der Waals surface area contributed by atoms with Crippen LogP contribution in [0.4, 0.5) is 9.59 Å². The Labute approximate surface area is 70.1 Å². The van der Waals surface area contributed by atoms with Crippen molar-refractivity contribution < 1.29 is 9.59 Å². The number of nitrogens with two attached hydrogens (primary N) is 2. The van der Waals surface area contributed by atoms with Crippen LogP contribution in [0.25, 0.3) is 0 Å². The number of urea groups is 2. The number of nitrogens with zero attached hydrogens (tertiary/aromatic N) is 1. The van der Waals surface area contributed by atoms with Gasteiger partial charge in [-0.05, 0) is 7.05 Å². The summed E-state index contributed by atoms with van der Waals surface area (Å²) in [5.74, 6) is 0. The number of carbonyl (C=O) groups is 2. The third-order valence-electron chi connectivity index (χ3n) is 1.10. The molecule has 0 aromatic carbocycles. The maximum atomic E-state index is 10.6. The summed E-state index contributed by atoms with van der Waals surface area (Å²) in [6, 6.07) is -1.32. The molecule has 0 saturated carbocycles. The molecule has 0 spiro atoms. The smallest absolute Gasteiger partial charge is 0.317 e. The molecular formula is C5H13N5O2. The largest absolute Gasteiger partial charge is 0.352 e. The Bertz CT molecular complexity index is 171. The lowest BCUT2D eigenvalue weighted by Crippen LogP contribution is -2.48. The predicted molar refractivity (Wildman–Crippen MR) is 42.9 cm³/mol. The zero-order chi connectivity index (χ0) is 9.56. The van der Waals surface area contributed by atoms with Gasteiger partial charge < -0.3 is 22.1 Å². The van der Waals surface area contributed by atoms with Crippen LogP contribution in [0.1, 0.15) is 0 Å². The molecule has 4 amide bonds. The highest BCUT2D eigenvalue weighted by atomic mass is 16.2. The number of primary amides is 2. The topological polar surface area (TPSA) is 113 Å². The highest BCUT2D eigenvalue weighted by Crippen LogP contribution is 1.80. The Balaban J connectivity index is 3.79. The van der Waals surface area contributed by atoms with E-state index in [1.165, 1.54) is 4.90 Å². The Morgan fingerprint density at radius 1 is 1.33 bits per heavy atom. The van der Waals surface area contributed by atoms with E-state index in [1.54, 1.807) is 7.05 Å². The first-order chi connectivity index (χ1) is 5.57. The first-order valence-electron chi connectivity index (χ1n) is 3.30. The lowest BCUT2D eigenvalue weighted by Gasteiger charge is -2.19. The molecule has 0 aliphatic rings. The summed E-state index contributed by atoms with van der Waals surface area (Å²) < 4.78 is 0. The average Bonchev–Trinajstić information content (AvgIpc) is 1.96. The van der Waals surface area contributed by atoms with Gasteiger partial charge in [0.15, 0.2) is 0 Å². The lowest BCUT2D eigenvalue weighted by atomic mass is 10.7. The van der Waals surface area contributed by atoms with Crippen LogP contribution in [-0.2, 0) is 0 Å². The molecule has 7 heteroatoms. The summed E-state index contributed by atoms with van der Waals surface area (Å²) in [5, 5.41) is 4.94. The van der Waals surface area contributed by atoms with Gasteiger partial charge in [-0.3, -0.25) is 4.90 Å². The minimum Gasteiger partial charge on any atom is -0.352 e. The van der Waals surface area contributed by atoms with Crippen LogP contribution in [0.3, 0.4) is 0 Å². The Morgan fingerprint density at radius 2 is 1.92 bits per heavy atom. The summed E-state index contributed by atoms with van der Waals surface area (Å²) in [6.45, 7) is 0.265. The van der Waals surface area contributed by atoms with Crippen LogP contribution in [-0.4, -0.2) is 37.3 Å². The molecule has 12 heavy (non-hydrogen) atoms. The second-order valence-electron chi connectivity index (χ2n) is 2.09. The second kappa shape index (κ2) is 5.19. The van der Waals surface area contributed by atoms with E-state index < -0.39 is 12.1 Å². The molecule has 7 nitrogen and oxygen atoms in total. The molecule has 70 valence electrons. The average molecular weight is 175 g/mol. The summed E-state index contributed by atoms with van der Waals surface area (Å²) in [5.41, 5.74) is 9.75. The van der Waals surface area contributed by atoms with E-state index in [0.717, 1.165) is 0 Å². The molecule has 0 rings (SSSR count). The van der Waals surface area contributed by atoms with Gasteiger partial charge in [0, 0.05) is 0 Å². The van der Waals surface area contributed by atoms with Gasteiger partial charge >= 0.3 is 12.1 Å². The van der Waals surface area contributed by atoms with E-state index in [-0.39, 0.29) is 13.3 Å². The van der Waals surface area contributed by atoms with Crippen LogP contribution >= 0.6 is 0 Å². The number of hydrogen-bond acceptors (Lipinski definition) is 3. The normalized spacial score (nSPS) is 9.08. The molecular weight excluding hydrogens is 162 g/mol. The quantitative estimate of drug-likeness (QED) is 0.377. The number of amides is 4. The van der Waals surface area contributed by atoms with Crippen molar-refractivity contribution in [1.29, 1.82) is 0 Å². The van der Waals surface area contributed by atoms with Gasteiger partial charge in [0.25, 0.3) is 0 Å². The van der Waals surface area contributed by atoms with Crippen LogP contribution < -0.4 is 22.1 Å². The maximum absolute atomic E-state index is 10.6. The van der Waals surface area contributed by atoms with Gasteiger partial charge in [-0.1, -0.05) is 0 Å². The number of nitrogens with one attached hydrogen (secondary N) is 2. The molecule has 0 saturated heterocycles. The van der Waals surface area contributed by atoms with Crippen molar-refractivity contribution in [3.8, 4) is 0 Å². The lowest BCUT2D eigenvalue weighted by molar-refractivity contribution is 0.198. The van der Waals surface area contributed by atoms with Crippen molar-refractivity contribution in [3.63, 3.8) is 0 Å². The summed E-state index contributed by atoms with van der Waals surface area (Å²) in [6.07, 6.45) is 0. The zero-order valence-corrected chi connectivity index (χ0v) is 6.83. The van der Waals surface area contributed by atoms with Crippen molar-refractivity contribution in [2.45, 2.75) is 0 Å². The third-order valence-corrected chi connectivity index (χ3v) is 1.10. The van der Waals surface area contributed by atoms with Crippen molar-refractivity contribution in [1.82, 2.24) is 15.5 Å². The number of carbonyl (C=O) groups excluding carboxylic acids is 2. The van der Waals surface area contributed by atoms with E-state index in [9.17, 15) is 9.59 Å². The first kappa shape index (κ1) is 10.5. The molecule has 0 fully saturated rings. The molecule has 0 atom stereocenters. The fourth-order valence-electron chi connectivity index (χ4n) is 0.576. The third kappa shape index (κ3) is 4.34. The van der Waals surface area contributed by atoms with Crippen molar-refractivity contribution in [2.24, 2.45) is 11.5 Å². The van der Waals surface area contributed by atoms with Crippen LogP contribution in [0, 0.1) is 0 Å². The minimum absolute atomic E-state index is 0.00546. The standard InChI is InChI=1S/C5H13N5O2/c1-8-2-10(5(7)12)3-9-4(6)11/h8H,2-3H2,1H3,(H2,7,12)(H3,6,9,11). The minimum atomic E-state index is -0.697. The first-order valence-corrected chi connectivity index (χ1v) is 3.30.